The fourth-order valence-corrected chi connectivity index (χ4v) is 3.09. The Morgan fingerprint density at radius 3 is 2.33 bits per heavy atom. The number of hydrogen-bond acceptors (Lipinski definition) is 4. The summed E-state index contributed by atoms with van der Waals surface area (Å²) >= 11 is 0. The highest BCUT2D eigenvalue weighted by molar-refractivity contribution is 7.89. The first-order valence-electron chi connectivity index (χ1n) is 4.72. The minimum absolute atomic E-state index is 0.0457. The van der Waals surface area contributed by atoms with Gasteiger partial charge in [0.15, 0.2) is 10.8 Å². The lowest BCUT2D eigenvalue weighted by atomic mass is 10.7. The molecule has 1 heterocycles. The highest BCUT2D eigenvalue weighted by Crippen LogP contribution is 2.19. The summed E-state index contributed by atoms with van der Waals surface area (Å²) in [5.74, 6) is 0.0457. The molecule has 0 aromatic carbocycles. The number of nitrogens with zero attached hydrogens (tertiary/aromatic N) is 3. The van der Waals surface area contributed by atoms with Gasteiger partial charge in [0.2, 0.25) is 0 Å². The topological polar surface area (TPSA) is 81.2 Å². The van der Waals surface area contributed by atoms with E-state index in [0.717, 1.165) is 0 Å². The maximum absolute atomic E-state index is 12.1. The van der Waals surface area contributed by atoms with Crippen molar-refractivity contribution in [3.05, 3.63) is 6.33 Å². The molecule has 1 rings (SSSR count). The lowest BCUT2D eigenvalue weighted by molar-refractivity contribution is 0.440. The minimum Gasteiger partial charge on any atom is -0.381 e. The van der Waals surface area contributed by atoms with E-state index in [1.165, 1.54) is 15.2 Å². The number of hydrogen-bond donors (Lipinski definition) is 1. The molecule has 2 N–H and O–H groups in total. The first-order chi connectivity index (χ1) is 6.95. The van der Waals surface area contributed by atoms with Crippen molar-refractivity contribution in [1.29, 1.82) is 0 Å². The summed E-state index contributed by atoms with van der Waals surface area (Å²) < 4.78 is 26.9. The van der Waals surface area contributed by atoms with Crippen molar-refractivity contribution in [2.75, 3.05) is 18.8 Å². The molecule has 0 aliphatic rings. The van der Waals surface area contributed by atoms with Crippen molar-refractivity contribution in [3.8, 4) is 0 Å². The van der Waals surface area contributed by atoms with E-state index < -0.39 is 10.0 Å². The van der Waals surface area contributed by atoms with Crippen molar-refractivity contribution in [1.82, 2.24) is 13.9 Å². The van der Waals surface area contributed by atoms with Gasteiger partial charge in [-0.15, -0.1) is 0 Å². The third kappa shape index (κ3) is 1.98. The Bertz CT molecular complexity index is 414. The van der Waals surface area contributed by atoms with E-state index in [4.69, 9.17) is 5.73 Å². The molecule has 15 heavy (non-hydrogen) atoms. The van der Waals surface area contributed by atoms with Crippen LogP contribution < -0.4 is 5.73 Å². The standard InChI is InChI=1S/C8H16N4O2S/c1-4-12(5-2)15(13,14)8-7(9)10-6-11(8)3/h6H,4-5,9H2,1-3H3. The van der Waals surface area contributed by atoms with Gasteiger partial charge < -0.3 is 10.3 Å². The Labute approximate surface area is 89.8 Å². The summed E-state index contributed by atoms with van der Waals surface area (Å²) in [6, 6.07) is 0. The van der Waals surface area contributed by atoms with Gasteiger partial charge in [0.25, 0.3) is 10.0 Å². The van der Waals surface area contributed by atoms with Crippen molar-refractivity contribution in [3.63, 3.8) is 0 Å². The first-order valence-corrected chi connectivity index (χ1v) is 6.16. The molecule has 0 saturated heterocycles. The molecule has 0 aliphatic heterocycles. The molecule has 0 saturated carbocycles. The van der Waals surface area contributed by atoms with Gasteiger partial charge in [-0.2, -0.15) is 4.31 Å². The maximum Gasteiger partial charge on any atom is 0.262 e. The Hall–Kier alpha value is -1.08. The molecule has 1 aromatic heterocycles. The lowest BCUT2D eigenvalue weighted by Gasteiger charge is -2.18. The monoisotopic (exact) mass is 232 g/mol. The molecule has 1 aromatic rings. The van der Waals surface area contributed by atoms with E-state index in [9.17, 15) is 8.42 Å². The second-order valence-corrected chi connectivity index (χ2v) is 4.99. The number of nitrogen functional groups attached to an aromatic ring is 1. The third-order valence-corrected chi connectivity index (χ3v) is 4.38. The van der Waals surface area contributed by atoms with Crippen LogP contribution in [0.15, 0.2) is 11.4 Å². The van der Waals surface area contributed by atoms with Crippen LogP contribution in [-0.4, -0.2) is 35.4 Å². The minimum atomic E-state index is -3.51. The van der Waals surface area contributed by atoms with E-state index in [-0.39, 0.29) is 10.8 Å². The molecular formula is C8H16N4O2S. The van der Waals surface area contributed by atoms with Crippen molar-refractivity contribution in [2.24, 2.45) is 7.05 Å². The van der Waals surface area contributed by atoms with Gasteiger partial charge >= 0.3 is 0 Å². The number of nitrogens with two attached hydrogens (primary N) is 1. The number of anilines is 1. The van der Waals surface area contributed by atoms with Crippen LogP contribution in [0, 0.1) is 0 Å². The normalized spacial score (nSPS) is 12.3. The Balaban J connectivity index is 3.28. The number of imidazole rings is 1. The molecule has 0 fully saturated rings. The van der Waals surface area contributed by atoms with Crippen LogP contribution >= 0.6 is 0 Å². The second kappa shape index (κ2) is 4.19. The highest BCUT2D eigenvalue weighted by atomic mass is 32.2. The zero-order chi connectivity index (χ0) is 11.6. The maximum atomic E-state index is 12.1. The molecule has 0 aliphatic carbocycles. The highest BCUT2D eigenvalue weighted by Gasteiger charge is 2.27. The van der Waals surface area contributed by atoms with E-state index >= 15 is 0 Å². The molecule has 7 heteroatoms. The summed E-state index contributed by atoms with van der Waals surface area (Å²) in [4.78, 5) is 3.77. The third-order valence-electron chi connectivity index (χ3n) is 2.20. The molecular weight excluding hydrogens is 216 g/mol. The average molecular weight is 232 g/mol. The molecule has 0 bridgehead atoms. The van der Waals surface area contributed by atoms with Crippen LogP contribution in [0.4, 0.5) is 5.82 Å². The largest absolute Gasteiger partial charge is 0.381 e. The Kier molecular flexibility index (Phi) is 3.35. The number of aromatic nitrogens is 2. The van der Waals surface area contributed by atoms with Crippen LogP contribution in [-0.2, 0) is 17.1 Å². The van der Waals surface area contributed by atoms with Crippen LogP contribution in [0.1, 0.15) is 13.8 Å². The molecule has 0 unspecified atom stereocenters. The van der Waals surface area contributed by atoms with Crippen molar-refractivity contribution < 1.29 is 8.42 Å². The van der Waals surface area contributed by atoms with Gasteiger partial charge in [0.05, 0.1) is 6.33 Å². The van der Waals surface area contributed by atoms with Gasteiger partial charge in [-0.3, -0.25) is 0 Å². The number of rotatable bonds is 4. The molecule has 0 spiro atoms. The second-order valence-electron chi connectivity index (χ2n) is 3.14. The molecule has 6 nitrogen and oxygen atoms in total. The van der Waals surface area contributed by atoms with Gasteiger partial charge in [0, 0.05) is 20.1 Å². The average Bonchev–Trinajstić information content (AvgIpc) is 2.48. The summed E-state index contributed by atoms with van der Waals surface area (Å²) in [6.45, 7) is 4.41. The van der Waals surface area contributed by atoms with Crippen LogP contribution in [0.2, 0.25) is 0 Å². The van der Waals surface area contributed by atoms with E-state index in [1.807, 2.05) is 0 Å². The lowest BCUT2D eigenvalue weighted by Crippen LogP contribution is -2.32. The Morgan fingerprint density at radius 1 is 1.47 bits per heavy atom. The van der Waals surface area contributed by atoms with Crippen LogP contribution in [0.25, 0.3) is 0 Å². The van der Waals surface area contributed by atoms with E-state index in [1.54, 1.807) is 20.9 Å². The van der Waals surface area contributed by atoms with Gasteiger partial charge in [0.1, 0.15) is 0 Å². The molecule has 0 radical (unpaired) electrons. The zero-order valence-corrected chi connectivity index (χ0v) is 9.95. The van der Waals surface area contributed by atoms with Crippen LogP contribution in [0.5, 0.6) is 0 Å². The first kappa shape index (κ1) is 12.0. The van der Waals surface area contributed by atoms with Gasteiger partial charge in [-0.25, -0.2) is 13.4 Å². The predicted molar refractivity (Wildman–Crippen MR) is 57.7 cm³/mol. The summed E-state index contributed by atoms with van der Waals surface area (Å²) in [5, 5.41) is 0.0613. The smallest absolute Gasteiger partial charge is 0.262 e. The van der Waals surface area contributed by atoms with Gasteiger partial charge in [-0.1, -0.05) is 13.8 Å². The van der Waals surface area contributed by atoms with Crippen LogP contribution in [0.3, 0.4) is 0 Å². The van der Waals surface area contributed by atoms with Gasteiger partial charge in [-0.05, 0) is 0 Å². The quantitative estimate of drug-likeness (QED) is 0.794. The zero-order valence-electron chi connectivity index (χ0n) is 9.14. The predicted octanol–water partition coefficient (Wildman–Crippen LogP) is 0.0328. The number of aryl methyl sites for hydroxylation is 1. The van der Waals surface area contributed by atoms with E-state index in [2.05, 4.69) is 4.98 Å². The molecule has 0 amide bonds. The fourth-order valence-electron chi connectivity index (χ4n) is 1.44. The molecule has 86 valence electrons. The van der Waals surface area contributed by atoms with E-state index in [0.29, 0.717) is 13.1 Å². The summed E-state index contributed by atoms with van der Waals surface area (Å²) in [6.07, 6.45) is 1.39. The fraction of sp³-hybridized carbons (Fsp3) is 0.625. The number of sulfonamides is 1. The van der Waals surface area contributed by atoms with Crippen molar-refractivity contribution in [2.45, 2.75) is 18.9 Å². The summed E-state index contributed by atoms with van der Waals surface area (Å²) in [7, 11) is -1.90. The SMILES string of the molecule is CCN(CC)S(=O)(=O)c1c(N)ncn1C. The summed E-state index contributed by atoms with van der Waals surface area (Å²) in [5.41, 5.74) is 5.54. The van der Waals surface area contributed by atoms with Crippen molar-refractivity contribution >= 4 is 15.8 Å². The molecule has 0 atom stereocenters. The Morgan fingerprint density at radius 2 is 2.00 bits per heavy atom.